The molecule has 20 heavy (non-hydrogen) atoms. The standard InChI is InChI=1S/C9H11N4O4S3/c14-5-9(13(7-15)3-2-10-11-13)19-12-20(16,17)8-1-4-18-6-8/h1,4-7,9,12H,2-3H2/q+1. The maximum absolute atomic E-state index is 11.9. The van der Waals surface area contributed by atoms with E-state index in [-0.39, 0.29) is 11.4 Å². The van der Waals surface area contributed by atoms with Gasteiger partial charge in [0, 0.05) is 22.6 Å². The predicted molar refractivity (Wildman–Crippen MR) is 73.0 cm³/mol. The molecule has 1 aromatic rings. The number of carbonyl (C=O) groups excluding carboxylic acids is 2. The molecule has 0 aliphatic carbocycles. The first-order valence-corrected chi connectivity index (χ1v) is 8.72. The summed E-state index contributed by atoms with van der Waals surface area (Å²) in [5.41, 5.74) is 0. The van der Waals surface area contributed by atoms with Crippen LogP contribution >= 0.6 is 23.3 Å². The molecule has 8 nitrogen and oxygen atoms in total. The predicted octanol–water partition coefficient (Wildman–Crippen LogP) is 0.554. The molecule has 1 aromatic heterocycles. The number of amides is 1. The van der Waals surface area contributed by atoms with E-state index in [1.54, 1.807) is 5.38 Å². The zero-order valence-electron chi connectivity index (χ0n) is 10.1. The first-order valence-electron chi connectivity index (χ1n) is 5.42. The van der Waals surface area contributed by atoms with Crippen molar-refractivity contribution in [2.45, 2.75) is 10.3 Å². The third-order valence-corrected chi connectivity index (χ3v) is 6.30. The lowest BCUT2D eigenvalue weighted by molar-refractivity contribution is -0.847. The van der Waals surface area contributed by atoms with Gasteiger partial charge in [0.25, 0.3) is 10.0 Å². The highest BCUT2D eigenvalue weighted by Gasteiger charge is 2.43. The highest BCUT2D eigenvalue weighted by atomic mass is 32.3. The Labute approximate surface area is 123 Å². The van der Waals surface area contributed by atoms with Gasteiger partial charge < -0.3 is 0 Å². The van der Waals surface area contributed by atoms with E-state index < -0.39 is 20.0 Å². The smallest absolute Gasteiger partial charge is 0.295 e. The topological polar surface area (TPSA) is 105 Å². The third-order valence-electron chi connectivity index (χ3n) is 2.61. The molecule has 0 fully saturated rings. The van der Waals surface area contributed by atoms with Gasteiger partial charge in [-0.05, 0) is 11.4 Å². The lowest BCUT2D eigenvalue weighted by Crippen LogP contribution is -2.49. The van der Waals surface area contributed by atoms with Gasteiger partial charge >= 0.3 is 6.41 Å². The fraction of sp³-hybridized carbons (Fsp3) is 0.333. The van der Waals surface area contributed by atoms with Crippen LogP contribution in [0.4, 0.5) is 0 Å². The minimum atomic E-state index is -3.72. The maximum atomic E-state index is 11.9. The molecule has 1 aliphatic heterocycles. The lowest BCUT2D eigenvalue weighted by Gasteiger charge is -2.23. The number of sulfonamides is 1. The summed E-state index contributed by atoms with van der Waals surface area (Å²) in [6.45, 7) is 0.557. The van der Waals surface area contributed by atoms with Crippen molar-refractivity contribution in [3.8, 4) is 0 Å². The Balaban J connectivity index is 2.10. The van der Waals surface area contributed by atoms with Gasteiger partial charge in [0.2, 0.25) is 5.37 Å². The van der Waals surface area contributed by atoms with Crippen molar-refractivity contribution in [2.24, 2.45) is 10.3 Å². The second-order valence-corrected chi connectivity index (χ2v) is 7.50. The van der Waals surface area contributed by atoms with Gasteiger partial charge in [0.1, 0.15) is 13.1 Å². The number of aldehydes is 1. The van der Waals surface area contributed by atoms with Gasteiger partial charge in [-0.15, -0.1) is 9.24 Å². The Hall–Kier alpha value is -1.14. The van der Waals surface area contributed by atoms with Gasteiger partial charge in [0.15, 0.2) is 6.29 Å². The van der Waals surface area contributed by atoms with Gasteiger partial charge in [-0.1, -0.05) is 4.59 Å². The average Bonchev–Trinajstić information content (AvgIpc) is 3.11. The van der Waals surface area contributed by atoms with Crippen molar-refractivity contribution in [1.82, 2.24) is 4.13 Å². The molecule has 11 heteroatoms. The van der Waals surface area contributed by atoms with Crippen molar-refractivity contribution in [3.05, 3.63) is 16.8 Å². The summed E-state index contributed by atoms with van der Waals surface area (Å²) in [5, 5.41) is 9.51. The minimum absolute atomic E-state index is 0.111. The molecule has 0 spiro atoms. The van der Waals surface area contributed by atoms with E-state index in [1.807, 2.05) is 0 Å². The van der Waals surface area contributed by atoms with Crippen molar-refractivity contribution in [2.75, 3.05) is 13.1 Å². The first kappa shape index (κ1) is 15.3. The van der Waals surface area contributed by atoms with Crippen LogP contribution in [0.15, 0.2) is 32.1 Å². The molecule has 0 bridgehead atoms. The minimum Gasteiger partial charge on any atom is -0.295 e. The number of nitrogens with zero attached hydrogens (tertiary/aromatic N) is 3. The molecule has 108 valence electrons. The molecular weight excluding hydrogens is 324 g/mol. The Morgan fingerprint density at radius 2 is 2.30 bits per heavy atom. The van der Waals surface area contributed by atoms with Crippen molar-refractivity contribution < 1.29 is 22.6 Å². The van der Waals surface area contributed by atoms with E-state index in [2.05, 4.69) is 14.5 Å². The largest absolute Gasteiger partial charge is 0.330 e. The van der Waals surface area contributed by atoms with E-state index in [0.717, 1.165) is 0 Å². The lowest BCUT2D eigenvalue weighted by atomic mass is 10.5. The van der Waals surface area contributed by atoms with Crippen LogP contribution in [0.2, 0.25) is 0 Å². The monoisotopic (exact) mass is 335 g/mol. The van der Waals surface area contributed by atoms with Crippen LogP contribution in [-0.2, 0) is 19.6 Å². The molecule has 1 amide bonds. The van der Waals surface area contributed by atoms with Crippen LogP contribution < -0.4 is 4.13 Å². The quantitative estimate of drug-likeness (QED) is 0.445. The molecular formula is C9H11N4O4S3+. The Morgan fingerprint density at radius 1 is 1.50 bits per heavy atom. The molecule has 0 aromatic carbocycles. The molecule has 1 aliphatic rings. The van der Waals surface area contributed by atoms with E-state index in [4.69, 9.17) is 0 Å². The summed E-state index contributed by atoms with van der Waals surface area (Å²) in [4.78, 5) is 22.4. The highest BCUT2D eigenvalue weighted by molar-refractivity contribution is 8.09. The molecule has 1 N–H and O–H groups in total. The zero-order valence-corrected chi connectivity index (χ0v) is 12.5. The van der Waals surface area contributed by atoms with Crippen molar-refractivity contribution >= 4 is 46.0 Å². The normalized spacial score (nSPS) is 23.6. The molecule has 2 rings (SSSR count). The van der Waals surface area contributed by atoms with Gasteiger partial charge in [0.05, 0.1) is 4.90 Å². The second kappa shape index (κ2) is 6.10. The molecule has 2 heterocycles. The Kier molecular flexibility index (Phi) is 4.65. The Morgan fingerprint density at radius 3 is 2.80 bits per heavy atom. The summed E-state index contributed by atoms with van der Waals surface area (Å²) < 4.78 is 25.5. The zero-order chi connectivity index (χ0) is 14.6. The number of thiophene rings is 1. The number of quaternary nitrogens is 1. The number of hydrogen-bond donors (Lipinski definition) is 1. The van der Waals surface area contributed by atoms with Crippen LogP contribution in [0.25, 0.3) is 0 Å². The van der Waals surface area contributed by atoms with Crippen LogP contribution in [0, 0.1) is 0 Å². The fourth-order valence-corrected chi connectivity index (χ4v) is 4.76. The van der Waals surface area contributed by atoms with E-state index in [9.17, 15) is 18.0 Å². The molecule has 2 atom stereocenters. The number of carbonyl (C=O) groups is 2. The van der Waals surface area contributed by atoms with E-state index >= 15 is 0 Å². The SMILES string of the molecule is O=CC(SNS(=O)(=O)c1ccsc1)[N+]1(C=O)CCN=N1. The fourth-order valence-electron chi connectivity index (χ4n) is 1.51. The number of rotatable bonds is 7. The van der Waals surface area contributed by atoms with Gasteiger partial charge in [-0.3, -0.25) is 4.79 Å². The summed E-state index contributed by atoms with van der Waals surface area (Å²) in [5.74, 6) is 0. The second-order valence-electron chi connectivity index (χ2n) is 3.86. The summed E-state index contributed by atoms with van der Waals surface area (Å²) in [7, 11) is -3.72. The first-order chi connectivity index (χ1) is 9.54. The number of nitrogens with one attached hydrogen (secondary N) is 1. The van der Waals surface area contributed by atoms with Crippen LogP contribution in [0.1, 0.15) is 0 Å². The number of hydrogen-bond acceptors (Lipinski definition) is 8. The molecule has 0 saturated carbocycles. The van der Waals surface area contributed by atoms with Crippen LogP contribution in [-0.4, -0.2) is 44.2 Å². The summed E-state index contributed by atoms with van der Waals surface area (Å²) in [6, 6.07) is 1.45. The summed E-state index contributed by atoms with van der Waals surface area (Å²) in [6.07, 6.45) is 0.973. The Bertz CT molecular complexity index is 615. The highest BCUT2D eigenvalue weighted by Crippen LogP contribution is 2.25. The maximum Gasteiger partial charge on any atom is 0.330 e. The summed E-state index contributed by atoms with van der Waals surface area (Å²) >= 11 is 1.88. The van der Waals surface area contributed by atoms with Crippen molar-refractivity contribution in [1.29, 1.82) is 0 Å². The van der Waals surface area contributed by atoms with Crippen LogP contribution in [0.5, 0.6) is 0 Å². The van der Waals surface area contributed by atoms with Gasteiger partial charge in [-0.25, -0.2) is 13.2 Å². The van der Waals surface area contributed by atoms with Gasteiger partial charge in [-0.2, -0.15) is 11.3 Å². The van der Waals surface area contributed by atoms with Crippen LogP contribution in [0.3, 0.4) is 0 Å². The van der Waals surface area contributed by atoms with E-state index in [0.29, 0.717) is 31.2 Å². The van der Waals surface area contributed by atoms with E-state index in [1.165, 1.54) is 22.8 Å². The third kappa shape index (κ3) is 2.96. The average molecular weight is 335 g/mol. The molecule has 0 radical (unpaired) electrons. The van der Waals surface area contributed by atoms with Crippen molar-refractivity contribution in [3.63, 3.8) is 0 Å². The molecule has 0 saturated heterocycles. The molecule has 2 unspecified atom stereocenters.